The van der Waals surface area contributed by atoms with Gasteiger partial charge in [0.05, 0.1) is 36.9 Å². The van der Waals surface area contributed by atoms with Crippen molar-refractivity contribution in [2.24, 2.45) is 0 Å². The molecule has 0 fully saturated rings. The first-order chi connectivity index (χ1) is 14.4. The maximum atomic E-state index is 12.3. The van der Waals surface area contributed by atoms with Crippen LogP contribution in [-0.4, -0.2) is 29.2 Å². The van der Waals surface area contributed by atoms with Gasteiger partial charge in [-0.3, -0.25) is 9.78 Å². The van der Waals surface area contributed by atoms with Gasteiger partial charge in [0.2, 0.25) is 0 Å². The summed E-state index contributed by atoms with van der Waals surface area (Å²) in [6.45, 7) is 6.16. The maximum absolute atomic E-state index is 12.3. The van der Waals surface area contributed by atoms with Crippen molar-refractivity contribution in [1.82, 2.24) is 9.55 Å². The zero-order valence-electron chi connectivity index (χ0n) is 17.5. The molecule has 2 aromatic carbocycles. The van der Waals surface area contributed by atoms with E-state index in [0.29, 0.717) is 11.6 Å². The van der Waals surface area contributed by atoms with E-state index >= 15 is 0 Å². The summed E-state index contributed by atoms with van der Waals surface area (Å²) in [4.78, 5) is 17.0. The molecule has 4 rings (SSSR count). The quantitative estimate of drug-likeness (QED) is 0.395. The number of carbonyl (C=O) groups is 1. The van der Waals surface area contributed by atoms with Crippen LogP contribution < -0.4 is 4.74 Å². The van der Waals surface area contributed by atoms with Crippen molar-refractivity contribution in [3.63, 3.8) is 0 Å². The summed E-state index contributed by atoms with van der Waals surface area (Å²) in [7, 11) is 1.64. The zero-order valence-corrected chi connectivity index (χ0v) is 18.2. The number of benzene rings is 2. The minimum Gasteiger partial charge on any atom is -0.497 e. The van der Waals surface area contributed by atoms with E-state index in [0.717, 1.165) is 50.2 Å². The van der Waals surface area contributed by atoms with Crippen molar-refractivity contribution < 1.29 is 14.3 Å². The molecule has 2 heterocycles. The van der Waals surface area contributed by atoms with Crippen molar-refractivity contribution >= 4 is 39.4 Å². The van der Waals surface area contributed by atoms with E-state index < -0.39 is 0 Å². The lowest BCUT2D eigenvalue weighted by Crippen LogP contribution is -2.08. The number of rotatable bonds is 5. The SMILES string of the molecule is CCOC(=O)Cc1c(C)n(-c2cc(C)nc3cc(Cl)ccc23)c2ccc(OC)cc12. The van der Waals surface area contributed by atoms with E-state index in [1.54, 1.807) is 7.11 Å². The van der Waals surface area contributed by atoms with Gasteiger partial charge in [-0.15, -0.1) is 0 Å². The highest BCUT2D eigenvalue weighted by molar-refractivity contribution is 6.31. The molecule has 0 unspecified atom stereocenters. The Kier molecular flexibility index (Phi) is 5.39. The summed E-state index contributed by atoms with van der Waals surface area (Å²) in [5, 5.41) is 2.60. The second-order valence-electron chi connectivity index (χ2n) is 7.21. The highest BCUT2D eigenvalue weighted by Crippen LogP contribution is 2.35. The molecule has 154 valence electrons. The number of methoxy groups -OCH3 is 1. The summed E-state index contributed by atoms with van der Waals surface area (Å²) in [5.74, 6) is 0.498. The van der Waals surface area contributed by atoms with Crippen LogP contribution in [0.4, 0.5) is 0 Å². The molecule has 0 aliphatic heterocycles. The van der Waals surface area contributed by atoms with Gasteiger partial charge in [-0.25, -0.2) is 0 Å². The van der Waals surface area contributed by atoms with Gasteiger partial charge in [-0.2, -0.15) is 0 Å². The standard InChI is InChI=1S/C24H23ClN2O3/c1-5-30-24(28)13-19-15(3)27(22-9-7-17(29-4)12-20(19)22)23-10-14(2)26-21-11-16(25)6-8-18(21)23/h6-12H,5,13H2,1-4H3. The van der Waals surface area contributed by atoms with Crippen LogP contribution in [0.3, 0.4) is 0 Å². The third-order valence-electron chi connectivity index (χ3n) is 5.29. The number of aromatic nitrogens is 2. The Morgan fingerprint density at radius 3 is 2.63 bits per heavy atom. The first kappa shape index (κ1) is 20.2. The molecular formula is C24H23ClN2O3. The largest absolute Gasteiger partial charge is 0.497 e. The summed E-state index contributed by atoms with van der Waals surface area (Å²) in [5.41, 5.74) is 5.62. The summed E-state index contributed by atoms with van der Waals surface area (Å²) < 4.78 is 12.8. The Balaban J connectivity index is 2.04. The molecule has 30 heavy (non-hydrogen) atoms. The van der Waals surface area contributed by atoms with Crippen LogP contribution in [0.25, 0.3) is 27.5 Å². The fourth-order valence-corrected chi connectivity index (χ4v) is 4.14. The van der Waals surface area contributed by atoms with E-state index in [1.165, 1.54) is 0 Å². The van der Waals surface area contributed by atoms with Crippen LogP contribution in [0.15, 0.2) is 42.5 Å². The molecule has 5 nitrogen and oxygen atoms in total. The predicted molar refractivity (Wildman–Crippen MR) is 120 cm³/mol. The number of ether oxygens (including phenoxy) is 2. The Morgan fingerprint density at radius 1 is 1.10 bits per heavy atom. The fraction of sp³-hybridized carbons (Fsp3) is 0.250. The second-order valence-corrected chi connectivity index (χ2v) is 7.64. The van der Waals surface area contributed by atoms with Gasteiger partial charge in [-0.05, 0) is 68.8 Å². The normalized spacial score (nSPS) is 11.2. The van der Waals surface area contributed by atoms with Crippen molar-refractivity contribution in [3.8, 4) is 11.4 Å². The molecule has 0 aliphatic carbocycles. The fourth-order valence-electron chi connectivity index (χ4n) is 3.98. The van der Waals surface area contributed by atoms with Gasteiger partial charge in [-0.1, -0.05) is 11.6 Å². The lowest BCUT2D eigenvalue weighted by Gasteiger charge is -2.14. The first-order valence-corrected chi connectivity index (χ1v) is 10.2. The van der Waals surface area contributed by atoms with Gasteiger partial charge in [0.25, 0.3) is 0 Å². The van der Waals surface area contributed by atoms with Crippen LogP contribution in [-0.2, 0) is 16.0 Å². The van der Waals surface area contributed by atoms with E-state index in [-0.39, 0.29) is 12.4 Å². The number of esters is 1. The topological polar surface area (TPSA) is 53.4 Å². The monoisotopic (exact) mass is 422 g/mol. The molecular weight excluding hydrogens is 400 g/mol. The number of hydrogen-bond donors (Lipinski definition) is 0. The molecule has 0 spiro atoms. The van der Waals surface area contributed by atoms with Gasteiger partial charge in [0.15, 0.2) is 0 Å². The van der Waals surface area contributed by atoms with Crippen LogP contribution in [0.5, 0.6) is 5.75 Å². The molecule has 0 saturated carbocycles. The van der Waals surface area contributed by atoms with Gasteiger partial charge < -0.3 is 14.0 Å². The number of nitrogens with zero attached hydrogens (tertiary/aromatic N) is 2. The average molecular weight is 423 g/mol. The molecule has 6 heteroatoms. The number of carbonyl (C=O) groups excluding carboxylic acids is 1. The Morgan fingerprint density at radius 2 is 1.90 bits per heavy atom. The molecule has 0 bridgehead atoms. The van der Waals surface area contributed by atoms with E-state index in [4.69, 9.17) is 21.1 Å². The Labute approximate surface area is 180 Å². The number of pyridine rings is 1. The van der Waals surface area contributed by atoms with Crippen LogP contribution in [0, 0.1) is 13.8 Å². The van der Waals surface area contributed by atoms with Gasteiger partial charge >= 0.3 is 5.97 Å². The van der Waals surface area contributed by atoms with Gasteiger partial charge in [0, 0.05) is 27.2 Å². The average Bonchev–Trinajstić information content (AvgIpc) is 2.98. The number of hydrogen-bond acceptors (Lipinski definition) is 4. The van der Waals surface area contributed by atoms with E-state index in [2.05, 4.69) is 15.6 Å². The molecule has 0 atom stereocenters. The third kappa shape index (κ3) is 3.50. The molecule has 0 aliphatic rings. The van der Waals surface area contributed by atoms with Crippen molar-refractivity contribution in [2.75, 3.05) is 13.7 Å². The van der Waals surface area contributed by atoms with Crippen molar-refractivity contribution in [3.05, 3.63) is 64.4 Å². The third-order valence-corrected chi connectivity index (χ3v) is 5.52. The zero-order chi connectivity index (χ0) is 21.4. The molecule has 0 amide bonds. The van der Waals surface area contributed by atoms with Gasteiger partial charge in [0.1, 0.15) is 5.75 Å². The molecule has 2 aromatic heterocycles. The second kappa shape index (κ2) is 8.00. The number of aryl methyl sites for hydroxylation is 1. The van der Waals surface area contributed by atoms with Crippen LogP contribution >= 0.6 is 11.6 Å². The number of fused-ring (bicyclic) bond motifs is 2. The maximum Gasteiger partial charge on any atom is 0.310 e. The summed E-state index contributed by atoms with van der Waals surface area (Å²) >= 11 is 6.21. The van der Waals surface area contributed by atoms with Crippen molar-refractivity contribution in [1.29, 1.82) is 0 Å². The molecule has 0 N–H and O–H groups in total. The van der Waals surface area contributed by atoms with Crippen LogP contribution in [0.1, 0.15) is 23.9 Å². The predicted octanol–water partition coefficient (Wildman–Crippen LogP) is 5.56. The molecule has 0 saturated heterocycles. The van der Waals surface area contributed by atoms with E-state index in [9.17, 15) is 4.79 Å². The molecule has 0 radical (unpaired) electrons. The minimum atomic E-state index is -0.245. The Hall–Kier alpha value is -3.05. The van der Waals surface area contributed by atoms with Crippen LogP contribution in [0.2, 0.25) is 5.02 Å². The number of halogens is 1. The smallest absolute Gasteiger partial charge is 0.310 e. The lowest BCUT2D eigenvalue weighted by molar-refractivity contribution is -0.142. The van der Waals surface area contributed by atoms with E-state index in [1.807, 2.05) is 57.2 Å². The summed E-state index contributed by atoms with van der Waals surface area (Å²) in [6.07, 6.45) is 0.199. The lowest BCUT2D eigenvalue weighted by atomic mass is 10.1. The molecule has 4 aromatic rings. The van der Waals surface area contributed by atoms with Crippen molar-refractivity contribution in [2.45, 2.75) is 27.2 Å². The summed E-state index contributed by atoms with van der Waals surface area (Å²) in [6, 6.07) is 13.7. The highest BCUT2D eigenvalue weighted by atomic mass is 35.5. The first-order valence-electron chi connectivity index (χ1n) is 9.83. The highest BCUT2D eigenvalue weighted by Gasteiger charge is 2.20. The minimum absolute atomic E-state index is 0.199. The Bertz CT molecular complexity index is 1270.